The van der Waals surface area contributed by atoms with Crippen molar-refractivity contribution in [3.05, 3.63) is 119 Å². The molecule has 4 aromatic rings. The van der Waals surface area contributed by atoms with Gasteiger partial charge in [0.05, 0.1) is 18.3 Å². The molecule has 37 heavy (non-hydrogen) atoms. The summed E-state index contributed by atoms with van der Waals surface area (Å²) in [5.41, 5.74) is 3.64. The van der Waals surface area contributed by atoms with Gasteiger partial charge in [-0.2, -0.15) is 0 Å². The molecule has 0 saturated heterocycles. The Morgan fingerprint density at radius 2 is 1.95 bits per heavy atom. The van der Waals surface area contributed by atoms with Crippen molar-refractivity contribution in [3.8, 4) is 5.75 Å². The number of aromatic nitrogens is 1. The maximum absolute atomic E-state index is 13.6. The van der Waals surface area contributed by atoms with Crippen LogP contribution in [0.4, 0.5) is 4.39 Å². The summed E-state index contributed by atoms with van der Waals surface area (Å²) >= 11 is 0. The van der Waals surface area contributed by atoms with Gasteiger partial charge in [0.15, 0.2) is 5.76 Å². The summed E-state index contributed by atoms with van der Waals surface area (Å²) in [7, 11) is 0. The minimum atomic E-state index is -0.336. The van der Waals surface area contributed by atoms with E-state index in [0.29, 0.717) is 24.6 Å². The van der Waals surface area contributed by atoms with Gasteiger partial charge in [-0.3, -0.25) is 14.6 Å². The van der Waals surface area contributed by atoms with Gasteiger partial charge in [0, 0.05) is 19.7 Å². The van der Waals surface area contributed by atoms with E-state index >= 15 is 0 Å². The fourth-order valence-corrected chi connectivity index (χ4v) is 4.52. The fraction of sp³-hybridized carbons (Fsp3) is 0.207. The Labute approximate surface area is 213 Å². The molecular weight excluding hydrogens is 473 g/mol. The quantitative estimate of drug-likeness (QED) is 0.394. The van der Waals surface area contributed by atoms with Crippen molar-refractivity contribution in [1.82, 2.24) is 15.2 Å². The van der Waals surface area contributed by atoms with Crippen LogP contribution in [0.15, 0.2) is 83.4 Å². The van der Waals surface area contributed by atoms with E-state index < -0.39 is 0 Å². The Bertz CT molecular complexity index is 1400. The van der Waals surface area contributed by atoms with Crippen LogP contribution in [0, 0.1) is 5.82 Å². The van der Waals surface area contributed by atoms with E-state index in [4.69, 9.17) is 9.15 Å². The molecule has 0 aliphatic carbocycles. The van der Waals surface area contributed by atoms with Gasteiger partial charge < -0.3 is 19.4 Å². The molecule has 2 aromatic carbocycles. The number of hydrogen-bond acceptors (Lipinski definition) is 5. The smallest absolute Gasteiger partial charge is 0.287 e. The molecule has 2 amide bonds. The molecule has 0 saturated carbocycles. The average molecular weight is 500 g/mol. The van der Waals surface area contributed by atoms with Gasteiger partial charge in [-0.1, -0.05) is 24.3 Å². The Balaban J connectivity index is 1.29. The number of pyridine rings is 1. The third kappa shape index (κ3) is 5.53. The summed E-state index contributed by atoms with van der Waals surface area (Å²) < 4.78 is 25.2. The van der Waals surface area contributed by atoms with Crippen LogP contribution in [0.3, 0.4) is 0 Å². The summed E-state index contributed by atoms with van der Waals surface area (Å²) in [4.78, 5) is 30.8. The molecule has 1 unspecified atom stereocenters. The van der Waals surface area contributed by atoms with Crippen LogP contribution in [0.1, 0.15) is 51.7 Å². The van der Waals surface area contributed by atoms with E-state index in [-0.39, 0.29) is 36.0 Å². The van der Waals surface area contributed by atoms with E-state index in [9.17, 15) is 14.0 Å². The minimum absolute atomic E-state index is 0.0456. The van der Waals surface area contributed by atoms with E-state index in [2.05, 4.69) is 10.3 Å². The molecule has 1 N–H and O–H groups in total. The number of hydrogen-bond donors (Lipinski definition) is 1. The van der Waals surface area contributed by atoms with E-state index in [1.807, 2.05) is 36.4 Å². The number of furan rings is 1. The lowest BCUT2D eigenvalue weighted by atomic mass is 9.88. The van der Waals surface area contributed by atoms with Gasteiger partial charge in [-0.15, -0.1) is 0 Å². The monoisotopic (exact) mass is 499 g/mol. The molecule has 7 nitrogen and oxygen atoms in total. The Morgan fingerprint density at radius 1 is 1.11 bits per heavy atom. The highest BCUT2D eigenvalue weighted by Gasteiger charge is 2.31. The molecule has 1 atom stereocenters. The topological polar surface area (TPSA) is 84.7 Å². The Morgan fingerprint density at radius 3 is 2.70 bits per heavy atom. The lowest BCUT2D eigenvalue weighted by Gasteiger charge is -2.37. The van der Waals surface area contributed by atoms with Crippen molar-refractivity contribution < 1.29 is 23.1 Å². The standard InChI is InChI=1S/C29H26FN3O4/c1-19(34)33-15-13-20-7-10-24(16-26(20)28(33)21-5-8-22(30)9-6-21)36-18-25-11-12-27(37-25)29(35)32-17-23-4-2-3-14-31-23/h2-12,14,16,28H,13,15,17-18H2,1H3,(H,32,35). The summed E-state index contributed by atoms with van der Waals surface area (Å²) in [6, 6.07) is 20.5. The molecule has 0 fully saturated rings. The third-order valence-electron chi connectivity index (χ3n) is 6.36. The van der Waals surface area contributed by atoms with Gasteiger partial charge in [0.25, 0.3) is 5.91 Å². The number of rotatable bonds is 7. The summed E-state index contributed by atoms with van der Waals surface area (Å²) in [5, 5.41) is 2.78. The predicted molar refractivity (Wildman–Crippen MR) is 134 cm³/mol. The van der Waals surface area contributed by atoms with Crippen molar-refractivity contribution in [1.29, 1.82) is 0 Å². The first-order valence-electron chi connectivity index (χ1n) is 12.0. The maximum atomic E-state index is 13.6. The number of carbonyl (C=O) groups is 2. The highest BCUT2D eigenvalue weighted by molar-refractivity contribution is 5.91. The van der Waals surface area contributed by atoms with Crippen molar-refractivity contribution in [2.45, 2.75) is 32.5 Å². The molecule has 3 heterocycles. The van der Waals surface area contributed by atoms with Crippen LogP contribution >= 0.6 is 0 Å². The fourth-order valence-electron chi connectivity index (χ4n) is 4.52. The number of ether oxygens (including phenoxy) is 1. The minimum Gasteiger partial charge on any atom is -0.486 e. The predicted octanol–water partition coefficient (Wildman–Crippen LogP) is 4.82. The zero-order chi connectivity index (χ0) is 25.8. The Hall–Kier alpha value is -4.46. The SMILES string of the molecule is CC(=O)N1CCc2ccc(OCc3ccc(C(=O)NCc4ccccn4)o3)cc2C1c1ccc(F)cc1. The van der Waals surface area contributed by atoms with E-state index in [1.54, 1.807) is 42.3 Å². The first-order valence-corrected chi connectivity index (χ1v) is 12.0. The zero-order valence-electron chi connectivity index (χ0n) is 20.3. The van der Waals surface area contributed by atoms with Crippen molar-refractivity contribution >= 4 is 11.8 Å². The number of carbonyl (C=O) groups excluding carboxylic acids is 2. The first kappa shape index (κ1) is 24.2. The second-order valence-corrected chi connectivity index (χ2v) is 8.84. The number of amides is 2. The number of halogens is 1. The normalized spacial score (nSPS) is 14.6. The van der Waals surface area contributed by atoms with Crippen LogP contribution in [-0.4, -0.2) is 28.2 Å². The van der Waals surface area contributed by atoms with Gasteiger partial charge in [0.2, 0.25) is 5.91 Å². The number of fused-ring (bicyclic) bond motifs is 1. The summed E-state index contributed by atoms with van der Waals surface area (Å²) in [6.07, 6.45) is 2.39. The lowest BCUT2D eigenvalue weighted by molar-refractivity contribution is -0.130. The largest absolute Gasteiger partial charge is 0.486 e. The van der Waals surface area contributed by atoms with Crippen molar-refractivity contribution in [2.75, 3.05) is 6.54 Å². The molecule has 188 valence electrons. The summed E-state index contributed by atoms with van der Waals surface area (Å²) in [5.74, 6) is 0.589. The second kappa shape index (κ2) is 10.7. The molecule has 1 aliphatic rings. The lowest BCUT2D eigenvalue weighted by Crippen LogP contribution is -2.39. The molecule has 0 radical (unpaired) electrons. The van der Waals surface area contributed by atoms with Gasteiger partial charge in [0.1, 0.15) is 23.9 Å². The Kier molecular flexibility index (Phi) is 6.98. The van der Waals surface area contributed by atoms with E-state index in [1.165, 1.54) is 12.1 Å². The van der Waals surface area contributed by atoms with Crippen LogP contribution in [0.5, 0.6) is 5.75 Å². The van der Waals surface area contributed by atoms with E-state index in [0.717, 1.165) is 28.8 Å². The molecule has 5 rings (SSSR count). The molecule has 1 aliphatic heterocycles. The van der Waals surface area contributed by atoms with Crippen LogP contribution < -0.4 is 10.1 Å². The number of benzene rings is 2. The third-order valence-corrected chi connectivity index (χ3v) is 6.36. The molecule has 8 heteroatoms. The van der Waals surface area contributed by atoms with Crippen molar-refractivity contribution in [2.24, 2.45) is 0 Å². The molecule has 0 bridgehead atoms. The van der Waals surface area contributed by atoms with Gasteiger partial charge in [-0.25, -0.2) is 4.39 Å². The van der Waals surface area contributed by atoms with Crippen LogP contribution in [0.25, 0.3) is 0 Å². The van der Waals surface area contributed by atoms with Crippen molar-refractivity contribution in [3.63, 3.8) is 0 Å². The number of nitrogens with zero attached hydrogens (tertiary/aromatic N) is 2. The van der Waals surface area contributed by atoms with Crippen LogP contribution in [0.2, 0.25) is 0 Å². The first-order chi connectivity index (χ1) is 18.0. The maximum Gasteiger partial charge on any atom is 0.287 e. The van der Waals surface area contributed by atoms with Gasteiger partial charge in [-0.05, 0) is 71.6 Å². The second-order valence-electron chi connectivity index (χ2n) is 8.84. The highest BCUT2D eigenvalue weighted by atomic mass is 19.1. The molecule has 0 spiro atoms. The number of nitrogens with one attached hydrogen (secondary N) is 1. The molecular formula is C29H26FN3O4. The average Bonchev–Trinajstić information content (AvgIpc) is 3.40. The zero-order valence-corrected chi connectivity index (χ0v) is 20.3. The molecule has 2 aromatic heterocycles. The van der Waals surface area contributed by atoms with Crippen LogP contribution in [-0.2, 0) is 24.4 Å². The highest BCUT2D eigenvalue weighted by Crippen LogP contribution is 2.37. The summed E-state index contributed by atoms with van der Waals surface area (Å²) in [6.45, 7) is 2.56. The van der Waals surface area contributed by atoms with Gasteiger partial charge >= 0.3 is 0 Å².